The van der Waals surface area contributed by atoms with E-state index in [1.54, 1.807) is 18.2 Å². The summed E-state index contributed by atoms with van der Waals surface area (Å²) >= 11 is 1.85. The number of carbonyl (C=O) groups is 1. The van der Waals surface area contributed by atoms with Crippen LogP contribution in [0.4, 0.5) is 5.69 Å². The fraction of sp³-hybridized carbons (Fsp3) is 0.500. The van der Waals surface area contributed by atoms with E-state index in [0.717, 1.165) is 12.8 Å². The number of carbonyl (C=O) groups excluding carboxylic acids is 1. The first-order valence-corrected chi connectivity index (χ1v) is 7.79. The summed E-state index contributed by atoms with van der Waals surface area (Å²) < 4.78 is 5.17. The Hall–Kier alpha value is -1.36. The standard InChI is InChI=1S/C14H22N2O2S/c1-18-13-11(7-6-8-12(13)15)14(17)16-9-4-3-5-10-19-2/h6-8H,3-5,9-10,15H2,1-2H3,(H,16,17). The zero-order valence-corrected chi connectivity index (χ0v) is 12.4. The molecule has 0 atom stereocenters. The molecule has 0 heterocycles. The molecule has 0 aliphatic heterocycles. The third-order valence-electron chi connectivity index (χ3n) is 2.81. The Morgan fingerprint density at radius 2 is 2.16 bits per heavy atom. The van der Waals surface area contributed by atoms with E-state index in [2.05, 4.69) is 11.6 Å². The zero-order chi connectivity index (χ0) is 14.1. The van der Waals surface area contributed by atoms with E-state index in [4.69, 9.17) is 10.5 Å². The molecule has 0 saturated heterocycles. The first kappa shape index (κ1) is 15.7. The van der Waals surface area contributed by atoms with Crippen LogP contribution < -0.4 is 15.8 Å². The number of hydrogen-bond acceptors (Lipinski definition) is 4. The van der Waals surface area contributed by atoms with Gasteiger partial charge in [0.2, 0.25) is 0 Å². The van der Waals surface area contributed by atoms with E-state index >= 15 is 0 Å². The van der Waals surface area contributed by atoms with Crippen LogP contribution in [0.25, 0.3) is 0 Å². The highest BCUT2D eigenvalue weighted by Crippen LogP contribution is 2.25. The minimum atomic E-state index is -0.131. The van der Waals surface area contributed by atoms with Gasteiger partial charge in [0, 0.05) is 6.54 Å². The van der Waals surface area contributed by atoms with Gasteiger partial charge in [0.15, 0.2) is 5.75 Å². The summed E-state index contributed by atoms with van der Waals surface area (Å²) in [5, 5.41) is 2.90. The quantitative estimate of drug-likeness (QED) is 0.568. The van der Waals surface area contributed by atoms with Crippen molar-refractivity contribution in [1.29, 1.82) is 0 Å². The Labute approximate surface area is 119 Å². The van der Waals surface area contributed by atoms with Gasteiger partial charge in [-0.2, -0.15) is 11.8 Å². The highest BCUT2D eigenvalue weighted by atomic mass is 32.2. The van der Waals surface area contributed by atoms with Gasteiger partial charge in [0.1, 0.15) is 0 Å². The molecule has 0 radical (unpaired) electrons. The van der Waals surface area contributed by atoms with Crippen LogP contribution in [0.15, 0.2) is 18.2 Å². The van der Waals surface area contributed by atoms with Gasteiger partial charge >= 0.3 is 0 Å². The SMILES string of the molecule is COc1c(N)cccc1C(=O)NCCCCCSC. The van der Waals surface area contributed by atoms with Gasteiger partial charge < -0.3 is 15.8 Å². The van der Waals surface area contributed by atoms with Crippen LogP contribution in [0, 0.1) is 0 Å². The maximum atomic E-state index is 12.0. The number of benzene rings is 1. The Balaban J connectivity index is 2.43. The summed E-state index contributed by atoms with van der Waals surface area (Å²) in [5.41, 5.74) is 6.75. The Kier molecular flexibility index (Phi) is 7.18. The molecule has 0 spiro atoms. The number of unbranched alkanes of at least 4 members (excludes halogenated alkanes) is 2. The van der Waals surface area contributed by atoms with Crippen LogP contribution in [0.5, 0.6) is 5.75 Å². The highest BCUT2D eigenvalue weighted by Gasteiger charge is 2.13. The maximum Gasteiger partial charge on any atom is 0.255 e. The van der Waals surface area contributed by atoms with Crippen molar-refractivity contribution in [3.63, 3.8) is 0 Å². The van der Waals surface area contributed by atoms with Gasteiger partial charge in [-0.15, -0.1) is 0 Å². The molecule has 0 aromatic heterocycles. The molecule has 1 rings (SSSR count). The van der Waals surface area contributed by atoms with Crippen molar-refractivity contribution < 1.29 is 9.53 Å². The van der Waals surface area contributed by atoms with Crippen molar-refractivity contribution in [3.8, 4) is 5.75 Å². The van der Waals surface area contributed by atoms with E-state index in [9.17, 15) is 4.79 Å². The second-order valence-corrected chi connectivity index (χ2v) is 5.22. The summed E-state index contributed by atoms with van der Waals surface area (Å²) in [6.07, 6.45) is 5.43. The number of ether oxygens (including phenoxy) is 1. The largest absolute Gasteiger partial charge is 0.494 e. The fourth-order valence-corrected chi connectivity index (χ4v) is 2.30. The van der Waals surface area contributed by atoms with Crippen LogP contribution >= 0.6 is 11.8 Å². The van der Waals surface area contributed by atoms with E-state index in [1.807, 2.05) is 11.8 Å². The molecular weight excluding hydrogens is 260 g/mol. The summed E-state index contributed by atoms with van der Waals surface area (Å²) in [6, 6.07) is 5.20. The number of methoxy groups -OCH3 is 1. The van der Waals surface area contributed by atoms with Gasteiger partial charge in [0.05, 0.1) is 18.4 Å². The molecule has 5 heteroatoms. The monoisotopic (exact) mass is 282 g/mol. The molecule has 0 fully saturated rings. The molecule has 0 aliphatic rings. The lowest BCUT2D eigenvalue weighted by atomic mass is 10.1. The molecule has 4 nitrogen and oxygen atoms in total. The Bertz CT molecular complexity index is 410. The number of thioether (sulfide) groups is 1. The summed E-state index contributed by atoms with van der Waals surface area (Å²) in [6.45, 7) is 0.686. The number of para-hydroxylation sites is 1. The predicted octanol–water partition coefficient (Wildman–Crippen LogP) is 2.54. The average Bonchev–Trinajstić information content (AvgIpc) is 2.42. The molecule has 19 heavy (non-hydrogen) atoms. The molecular formula is C14H22N2O2S. The van der Waals surface area contributed by atoms with Crippen molar-refractivity contribution in [3.05, 3.63) is 23.8 Å². The smallest absolute Gasteiger partial charge is 0.255 e. The Morgan fingerprint density at radius 1 is 1.37 bits per heavy atom. The lowest BCUT2D eigenvalue weighted by Gasteiger charge is -2.11. The van der Waals surface area contributed by atoms with Gasteiger partial charge in [0.25, 0.3) is 5.91 Å². The number of amides is 1. The van der Waals surface area contributed by atoms with Crippen molar-refractivity contribution in [1.82, 2.24) is 5.32 Å². The second kappa shape index (κ2) is 8.69. The van der Waals surface area contributed by atoms with Crippen molar-refractivity contribution >= 4 is 23.4 Å². The summed E-state index contributed by atoms with van der Waals surface area (Å²) in [7, 11) is 1.52. The molecule has 1 aromatic carbocycles. The number of nitrogens with two attached hydrogens (primary N) is 1. The number of nitrogens with one attached hydrogen (secondary N) is 1. The zero-order valence-electron chi connectivity index (χ0n) is 11.6. The van der Waals surface area contributed by atoms with Gasteiger partial charge in [-0.05, 0) is 37.0 Å². The number of nitrogen functional groups attached to an aromatic ring is 1. The lowest BCUT2D eigenvalue weighted by molar-refractivity contribution is 0.0950. The second-order valence-electron chi connectivity index (χ2n) is 4.24. The van der Waals surface area contributed by atoms with E-state index in [-0.39, 0.29) is 5.91 Å². The van der Waals surface area contributed by atoms with Crippen molar-refractivity contribution in [2.24, 2.45) is 0 Å². The molecule has 0 saturated carbocycles. The third-order valence-corrected chi connectivity index (χ3v) is 3.50. The molecule has 0 aliphatic carbocycles. The van der Waals surface area contributed by atoms with Crippen LogP contribution in [0.1, 0.15) is 29.6 Å². The maximum absolute atomic E-state index is 12.0. The first-order valence-electron chi connectivity index (χ1n) is 6.40. The molecule has 1 aromatic rings. The van der Waals surface area contributed by atoms with E-state index < -0.39 is 0 Å². The van der Waals surface area contributed by atoms with Gasteiger partial charge in [-0.25, -0.2) is 0 Å². The fourth-order valence-electron chi connectivity index (χ4n) is 1.81. The minimum Gasteiger partial charge on any atom is -0.494 e. The van der Waals surface area contributed by atoms with E-state index in [1.165, 1.54) is 19.3 Å². The van der Waals surface area contributed by atoms with Crippen LogP contribution in [0.3, 0.4) is 0 Å². The number of hydrogen-bond donors (Lipinski definition) is 2. The molecule has 3 N–H and O–H groups in total. The van der Waals surface area contributed by atoms with Gasteiger partial charge in [-0.3, -0.25) is 4.79 Å². The topological polar surface area (TPSA) is 64.3 Å². The summed E-state index contributed by atoms with van der Waals surface area (Å²) in [5.74, 6) is 1.49. The van der Waals surface area contributed by atoms with Crippen LogP contribution in [-0.2, 0) is 0 Å². The molecule has 0 unspecified atom stereocenters. The highest BCUT2D eigenvalue weighted by molar-refractivity contribution is 7.98. The molecule has 1 amide bonds. The summed E-state index contributed by atoms with van der Waals surface area (Å²) in [4.78, 5) is 12.0. The third kappa shape index (κ3) is 5.03. The van der Waals surface area contributed by atoms with Crippen molar-refractivity contribution in [2.75, 3.05) is 31.4 Å². The van der Waals surface area contributed by atoms with Crippen LogP contribution in [-0.4, -0.2) is 31.6 Å². The normalized spacial score (nSPS) is 10.2. The minimum absolute atomic E-state index is 0.131. The average molecular weight is 282 g/mol. The number of anilines is 1. The van der Waals surface area contributed by atoms with Gasteiger partial charge in [-0.1, -0.05) is 12.5 Å². The van der Waals surface area contributed by atoms with Crippen LogP contribution in [0.2, 0.25) is 0 Å². The predicted molar refractivity (Wildman–Crippen MR) is 82.0 cm³/mol. The number of rotatable bonds is 8. The lowest BCUT2D eigenvalue weighted by Crippen LogP contribution is -2.25. The molecule has 0 bridgehead atoms. The first-order chi connectivity index (χ1) is 9.20. The van der Waals surface area contributed by atoms with Crippen molar-refractivity contribution in [2.45, 2.75) is 19.3 Å². The van der Waals surface area contributed by atoms with E-state index in [0.29, 0.717) is 23.5 Å². The molecule has 106 valence electrons. The Morgan fingerprint density at radius 3 is 2.84 bits per heavy atom.